The number of nitrogens with one attached hydrogen (secondary N) is 1. The summed E-state index contributed by atoms with van der Waals surface area (Å²) in [4.78, 5) is 36.0. The van der Waals surface area contributed by atoms with Crippen molar-refractivity contribution in [1.29, 1.82) is 5.26 Å². The molecule has 2 aromatic rings. The molecular weight excluding hydrogens is 384 g/mol. The lowest BCUT2D eigenvalue weighted by atomic mass is 9.96. The van der Waals surface area contributed by atoms with E-state index in [0.717, 1.165) is 12.8 Å². The SMILES string of the molecule is CCCCOC(=O)c1cccc(-c2ccc(/C=C3\C(=O)NC(=O)C(C#N)=C3C)o2)c1. The fourth-order valence-corrected chi connectivity index (χ4v) is 2.94. The van der Waals surface area contributed by atoms with Crippen molar-refractivity contribution >= 4 is 23.9 Å². The van der Waals surface area contributed by atoms with E-state index < -0.39 is 17.8 Å². The third kappa shape index (κ3) is 4.39. The maximum absolute atomic E-state index is 12.2. The van der Waals surface area contributed by atoms with E-state index in [2.05, 4.69) is 5.32 Å². The number of amides is 2. The first kappa shape index (κ1) is 20.8. The van der Waals surface area contributed by atoms with E-state index in [0.29, 0.717) is 34.8 Å². The van der Waals surface area contributed by atoms with Gasteiger partial charge in [0.25, 0.3) is 11.8 Å². The molecule has 2 heterocycles. The van der Waals surface area contributed by atoms with Crippen LogP contribution in [0.25, 0.3) is 17.4 Å². The molecule has 0 atom stereocenters. The number of benzene rings is 1. The molecule has 30 heavy (non-hydrogen) atoms. The zero-order chi connectivity index (χ0) is 21.7. The first-order valence-corrected chi connectivity index (χ1v) is 9.50. The number of hydrogen-bond donors (Lipinski definition) is 1. The molecule has 0 saturated carbocycles. The van der Waals surface area contributed by atoms with Crippen LogP contribution < -0.4 is 5.32 Å². The zero-order valence-electron chi connectivity index (χ0n) is 16.7. The van der Waals surface area contributed by atoms with E-state index in [1.54, 1.807) is 49.4 Å². The Hall–Kier alpha value is -3.92. The van der Waals surface area contributed by atoms with Crippen LogP contribution in [0.5, 0.6) is 0 Å². The predicted octanol–water partition coefficient (Wildman–Crippen LogP) is 3.78. The van der Waals surface area contributed by atoms with Crippen molar-refractivity contribution in [2.75, 3.05) is 6.61 Å². The molecule has 0 fully saturated rings. The largest absolute Gasteiger partial charge is 0.462 e. The first-order valence-electron chi connectivity index (χ1n) is 9.50. The Morgan fingerprint density at radius 2 is 2.03 bits per heavy atom. The van der Waals surface area contributed by atoms with Gasteiger partial charge in [-0.1, -0.05) is 25.5 Å². The highest BCUT2D eigenvalue weighted by Gasteiger charge is 2.27. The molecule has 1 aliphatic heterocycles. The van der Waals surface area contributed by atoms with Gasteiger partial charge in [0.1, 0.15) is 23.2 Å². The van der Waals surface area contributed by atoms with E-state index in [4.69, 9.17) is 14.4 Å². The van der Waals surface area contributed by atoms with Gasteiger partial charge in [0.2, 0.25) is 0 Å². The number of hydrogen-bond acceptors (Lipinski definition) is 6. The lowest BCUT2D eigenvalue weighted by Gasteiger charge is -2.15. The van der Waals surface area contributed by atoms with Crippen LogP contribution in [-0.2, 0) is 14.3 Å². The van der Waals surface area contributed by atoms with Crippen LogP contribution in [0.3, 0.4) is 0 Å². The summed E-state index contributed by atoms with van der Waals surface area (Å²) < 4.78 is 11.0. The number of imide groups is 1. The number of rotatable bonds is 6. The molecule has 1 aromatic heterocycles. The number of unbranched alkanes of at least 4 members (excludes halogenated alkanes) is 1. The molecule has 0 unspecified atom stereocenters. The predicted molar refractivity (Wildman–Crippen MR) is 109 cm³/mol. The molecule has 152 valence electrons. The molecule has 0 saturated heterocycles. The van der Waals surface area contributed by atoms with Crippen LogP contribution >= 0.6 is 0 Å². The van der Waals surface area contributed by atoms with Gasteiger partial charge < -0.3 is 9.15 Å². The number of nitrogens with zero attached hydrogens (tertiary/aromatic N) is 1. The maximum atomic E-state index is 12.2. The van der Waals surface area contributed by atoms with Crippen LogP contribution in [-0.4, -0.2) is 24.4 Å². The second-order valence-corrected chi connectivity index (χ2v) is 6.73. The summed E-state index contributed by atoms with van der Waals surface area (Å²) in [6.07, 6.45) is 3.22. The smallest absolute Gasteiger partial charge is 0.338 e. The Morgan fingerprint density at radius 3 is 2.77 bits per heavy atom. The van der Waals surface area contributed by atoms with Crippen LogP contribution in [0.1, 0.15) is 42.8 Å². The Balaban J connectivity index is 1.86. The van der Waals surface area contributed by atoms with Crippen molar-refractivity contribution in [3.8, 4) is 17.4 Å². The molecule has 3 rings (SSSR count). The quantitative estimate of drug-likeness (QED) is 0.340. The molecule has 0 spiro atoms. The normalized spacial score (nSPS) is 15.2. The second-order valence-electron chi connectivity index (χ2n) is 6.73. The first-order chi connectivity index (χ1) is 14.4. The summed E-state index contributed by atoms with van der Waals surface area (Å²) in [5.41, 5.74) is 1.46. The van der Waals surface area contributed by atoms with Crippen molar-refractivity contribution in [2.45, 2.75) is 26.7 Å². The van der Waals surface area contributed by atoms with Gasteiger partial charge in [0.15, 0.2) is 0 Å². The number of carbonyl (C=O) groups excluding carboxylic acids is 3. The average Bonchev–Trinajstić information content (AvgIpc) is 3.20. The van der Waals surface area contributed by atoms with Crippen molar-refractivity contribution in [3.63, 3.8) is 0 Å². The zero-order valence-corrected chi connectivity index (χ0v) is 16.7. The van der Waals surface area contributed by atoms with E-state index in [1.807, 2.05) is 6.92 Å². The van der Waals surface area contributed by atoms with Crippen LogP contribution in [0, 0.1) is 11.3 Å². The Bertz CT molecular complexity index is 1110. The molecule has 1 N–H and O–H groups in total. The van der Waals surface area contributed by atoms with Crippen LogP contribution in [0.15, 0.2) is 57.5 Å². The monoisotopic (exact) mass is 404 g/mol. The van der Waals surface area contributed by atoms with Gasteiger partial charge in [0, 0.05) is 11.1 Å². The average molecular weight is 404 g/mol. The molecule has 2 amide bonds. The van der Waals surface area contributed by atoms with E-state index >= 15 is 0 Å². The topological polar surface area (TPSA) is 109 Å². The Labute approximate surface area is 173 Å². The van der Waals surface area contributed by atoms with Crippen LogP contribution in [0.2, 0.25) is 0 Å². The number of ether oxygens (including phenoxy) is 1. The highest BCUT2D eigenvalue weighted by molar-refractivity contribution is 6.19. The number of nitriles is 1. The molecular formula is C23H20N2O5. The van der Waals surface area contributed by atoms with Gasteiger partial charge >= 0.3 is 5.97 Å². The fraction of sp³-hybridized carbons (Fsp3) is 0.217. The molecule has 0 bridgehead atoms. The second kappa shape index (κ2) is 9.05. The Morgan fingerprint density at radius 1 is 1.23 bits per heavy atom. The molecule has 1 aromatic carbocycles. The summed E-state index contributed by atoms with van der Waals surface area (Å²) in [6, 6.07) is 12.1. The van der Waals surface area contributed by atoms with Crippen molar-refractivity contribution in [3.05, 3.63) is 64.4 Å². The molecule has 0 aliphatic carbocycles. The van der Waals surface area contributed by atoms with E-state index in [-0.39, 0.29) is 11.1 Å². The number of furan rings is 1. The third-order valence-corrected chi connectivity index (χ3v) is 4.62. The molecule has 0 radical (unpaired) electrons. The minimum absolute atomic E-state index is 0.109. The fourth-order valence-electron chi connectivity index (χ4n) is 2.94. The molecule has 7 nitrogen and oxygen atoms in total. The van der Waals surface area contributed by atoms with Gasteiger partial charge in [0.05, 0.1) is 12.2 Å². The van der Waals surface area contributed by atoms with E-state index in [1.165, 1.54) is 6.08 Å². The summed E-state index contributed by atoms with van der Waals surface area (Å²) >= 11 is 0. The van der Waals surface area contributed by atoms with Gasteiger partial charge in [-0.25, -0.2) is 4.79 Å². The standard InChI is InChI=1S/C23H20N2O5/c1-3-4-10-29-23(28)16-7-5-6-15(11-16)20-9-8-17(30-20)12-18-14(2)19(13-24)22(27)25-21(18)26/h5-9,11-12H,3-4,10H2,1-2H3,(H,25,26,27)/b18-12-. The highest BCUT2D eigenvalue weighted by Crippen LogP contribution is 2.27. The molecule has 7 heteroatoms. The van der Waals surface area contributed by atoms with E-state index in [9.17, 15) is 14.4 Å². The van der Waals surface area contributed by atoms with Gasteiger partial charge in [-0.15, -0.1) is 0 Å². The maximum Gasteiger partial charge on any atom is 0.338 e. The summed E-state index contributed by atoms with van der Waals surface area (Å²) in [5.74, 6) is -0.824. The van der Waals surface area contributed by atoms with Crippen molar-refractivity contribution < 1.29 is 23.5 Å². The van der Waals surface area contributed by atoms with Crippen LogP contribution in [0.4, 0.5) is 0 Å². The van der Waals surface area contributed by atoms with Gasteiger partial charge in [-0.2, -0.15) is 5.26 Å². The van der Waals surface area contributed by atoms with Gasteiger partial charge in [-0.05, 0) is 49.3 Å². The Kier molecular flexibility index (Phi) is 6.28. The lowest BCUT2D eigenvalue weighted by molar-refractivity contribution is -0.126. The third-order valence-electron chi connectivity index (χ3n) is 4.62. The number of carbonyl (C=O) groups is 3. The highest BCUT2D eigenvalue weighted by atomic mass is 16.5. The summed E-state index contributed by atoms with van der Waals surface area (Å²) in [5, 5.41) is 11.3. The minimum atomic E-state index is -0.708. The minimum Gasteiger partial charge on any atom is -0.462 e. The lowest BCUT2D eigenvalue weighted by Crippen LogP contribution is -2.37. The van der Waals surface area contributed by atoms with Crippen molar-refractivity contribution in [2.24, 2.45) is 0 Å². The summed E-state index contributed by atoms with van der Waals surface area (Å²) in [7, 11) is 0. The van der Waals surface area contributed by atoms with Crippen molar-refractivity contribution in [1.82, 2.24) is 5.32 Å². The summed E-state index contributed by atoms with van der Waals surface area (Å²) in [6.45, 7) is 3.93. The van der Waals surface area contributed by atoms with Gasteiger partial charge in [-0.3, -0.25) is 14.9 Å². The molecule has 1 aliphatic rings. The number of esters is 1.